The highest BCUT2D eigenvalue weighted by atomic mass is 16.4. The molecule has 1 amide bonds. The molecule has 5 heteroatoms. The first-order chi connectivity index (χ1) is 9.14. The number of aromatic nitrogens is 1. The van der Waals surface area contributed by atoms with Crippen molar-refractivity contribution in [3.05, 3.63) is 24.0 Å². The summed E-state index contributed by atoms with van der Waals surface area (Å²) in [6.07, 6.45) is 1.82. The van der Waals surface area contributed by atoms with Crippen LogP contribution in [0, 0.1) is 0 Å². The van der Waals surface area contributed by atoms with Crippen LogP contribution in [0.3, 0.4) is 0 Å². The summed E-state index contributed by atoms with van der Waals surface area (Å²) in [6.45, 7) is 9.96. The van der Waals surface area contributed by atoms with Crippen LogP contribution in [-0.4, -0.2) is 38.5 Å². The molecule has 0 spiro atoms. The Morgan fingerprint density at radius 1 is 1.35 bits per heavy atom. The molecule has 1 aromatic rings. The summed E-state index contributed by atoms with van der Waals surface area (Å²) in [5.41, 5.74) is 0.179. The van der Waals surface area contributed by atoms with E-state index in [9.17, 15) is 9.59 Å². The minimum atomic E-state index is -0.897. The number of hydrogen-bond acceptors (Lipinski definition) is 2. The zero-order valence-corrected chi connectivity index (χ0v) is 12.9. The monoisotopic (exact) mass is 280 g/mol. The molecule has 0 saturated heterocycles. The Labute approximate surface area is 120 Å². The van der Waals surface area contributed by atoms with E-state index < -0.39 is 11.5 Å². The Morgan fingerprint density at radius 3 is 2.40 bits per heavy atom. The first-order valence-electron chi connectivity index (χ1n) is 6.85. The van der Waals surface area contributed by atoms with Crippen molar-refractivity contribution in [2.75, 3.05) is 6.54 Å². The smallest absolute Gasteiger partial charge is 0.305 e. The minimum absolute atomic E-state index is 0.0502. The molecule has 0 radical (unpaired) electrons. The molecule has 0 aliphatic carbocycles. The molecule has 0 aromatic carbocycles. The zero-order chi connectivity index (χ0) is 15.5. The lowest BCUT2D eigenvalue weighted by Crippen LogP contribution is -2.47. The number of carbonyl (C=O) groups excluding carboxylic acids is 1. The summed E-state index contributed by atoms with van der Waals surface area (Å²) in [5.74, 6) is -1.02. The number of rotatable bonds is 5. The van der Waals surface area contributed by atoms with E-state index >= 15 is 0 Å². The van der Waals surface area contributed by atoms with Gasteiger partial charge in [0.15, 0.2) is 0 Å². The van der Waals surface area contributed by atoms with Crippen molar-refractivity contribution in [1.29, 1.82) is 0 Å². The van der Waals surface area contributed by atoms with Gasteiger partial charge in [-0.2, -0.15) is 0 Å². The molecule has 0 aliphatic heterocycles. The van der Waals surface area contributed by atoms with Crippen molar-refractivity contribution in [1.82, 2.24) is 9.47 Å². The number of carboxylic acid groups (broad SMARTS) is 1. The van der Waals surface area contributed by atoms with Crippen LogP contribution in [0.2, 0.25) is 0 Å². The van der Waals surface area contributed by atoms with Crippen molar-refractivity contribution in [2.24, 2.45) is 0 Å². The van der Waals surface area contributed by atoms with Gasteiger partial charge in [0.2, 0.25) is 0 Å². The van der Waals surface area contributed by atoms with Gasteiger partial charge in [0, 0.05) is 24.3 Å². The highest BCUT2D eigenvalue weighted by Gasteiger charge is 2.29. The molecule has 112 valence electrons. The van der Waals surface area contributed by atoms with E-state index in [4.69, 9.17) is 5.11 Å². The second-order valence-corrected chi connectivity index (χ2v) is 6.17. The van der Waals surface area contributed by atoms with Crippen LogP contribution in [0.15, 0.2) is 18.3 Å². The summed E-state index contributed by atoms with van der Waals surface area (Å²) in [6, 6.07) is 3.80. The largest absolute Gasteiger partial charge is 0.481 e. The van der Waals surface area contributed by atoms with E-state index in [-0.39, 0.29) is 24.9 Å². The molecule has 0 fully saturated rings. The Morgan fingerprint density at radius 2 is 1.95 bits per heavy atom. The molecule has 0 aliphatic rings. The van der Waals surface area contributed by atoms with Gasteiger partial charge in [-0.25, -0.2) is 0 Å². The first kappa shape index (κ1) is 16.3. The van der Waals surface area contributed by atoms with Crippen molar-refractivity contribution < 1.29 is 14.7 Å². The number of aliphatic carboxylic acids is 1. The van der Waals surface area contributed by atoms with E-state index in [1.807, 2.05) is 51.4 Å². The van der Waals surface area contributed by atoms with Gasteiger partial charge in [0.1, 0.15) is 5.69 Å². The first-order valence-corrected chi connectivity index (χ1v) is 6.85. The molecule has 0 saturated carbocycles. The molecule has 0 atom stereocenters. The Hall–Kier alpha value is -1.78. The third kappa shape index (κ3) is 3.85. The van der Waals surface area contributed by atoms with Crippen LogP contribution in [0.1, 0.15) is 57.6 Å². The highest BCUT2D eigenvalue weighted by molar-refractivity contribution is 5.93. The van der Waals surface area contributed by atoms with Crippen LogP contribution in [0.25, 0.3) is 0 Å². The maximum atomic E-state index is 12.7. The molecular weight excluding hydrogens is 256 g/mol. The normalized spacial score (nSPS) is 11.7. The van der Waals surface area contributed by atoms with Crippen molar-refractivity contribution in [3.63, 3.8) is 0 Å². The lowest BCUT2D eigenvalue weighted by molar-refractivity contribution is -0.137. The van der Waals surface area contributed by atoms with Crippen molar-refractivity contribution >= 4 is 11.9 Å². The molecule has 20 heavy (non-hydrogen) atoms. The van der Waals surface area contributed by atoms with Gasteiger partial charge in [-0.1, -0.05) is 0 Å². The number of carboxylic acids is 1. The van der Waals surface area contributed by atoms with E-state index in [1.54, 1.807) is 11.0 Å². The summed E-state index contributed by atoms with van der Waals surface area (Å²) in [5, 5.41) is 8.84. The number of amides is 1. The lowest BCUT2D eigenvalue weighted by atomic mass is 10.0. The third-order valence-corrected chi connectivity index (χ3v) is 3.16. The fourth-order valence-electron chi connectivity index (χ4n) is 2.11. The Kier molecular flexibility index (Phi) is 4.98. The van der Waals surface area contributed by atoms with E-state index in [1.165, 1.54) is 0 Å². The molecule has 1 aromatic heterocycles. The van der Waals surface area contributed by atoms with Gasteiger partial charge in [-0.15, -0.1) is 0 Å². The zero-order valence-electron chi connectivity index (χ0n) is 12.9. The van der Waals surface area contributed by atoms with Crippen LogP contribution < -0.4 is 0 Å². The average molecular weight is 280 g/mol. The van der Waals surface area contributed by atoms with E-state index in [2.05, 4.69) is 0 Å². The molecule has 1 N–H and O–H groups in total. The maximum Gasteiger partial charge on any atom is 0.305 e. The Bertz CT molecular complexity index is 484. The van der Waals surface area contributed by atoms with Crippen LogP contribution in [0.5, 0.6) is 0 Å². The predicted molar refractivity (Wildman–Crippen MR) is 77.9 cm³/mol. The molecule has 0 bridgehead atoms. The third-order valence-electron chi connectivity index (χ3n) is 3.16. The van der Waals surface area contributed by atoms with Gasteiger partial charge in [-0.3, -0.25) is 9.59 Å². The molecule has 5 nitrogen and oxygen atoms in total. The van der Waals surface area contributed by atoms with E-state index in [0.717, 1.165) is 0 Å². The topological polar surface area (TPSA) is 62.5 Å². The van der Waals surface area contributed by atoms with Crippen molar-refractivity contribution in [3.8, 4) is 0 Å². The minimum Gasteiger partial charge on any atom is -0.481 e. The summed E-state index contributed by atoms with van der Waals surface area (Å²) >= 11 is 0. The summed E-state index contributed by atoms with van der Waals surface area (Å²) < 4.78 is 1.90. The fourth-order valence-corrected chi connectivity index (χ4v) is 2.11. The molecule has 1 heterocycles. The molecule has 0 unspecified atom stereocenters. The Balaban J connectivity index is 3.04. The average Bonchev–Trinajstić information content (AvgIpc) is 2.75. The predicted octanol–water partition coefficient (Wildman–Crippen LogP) is 2.78. The van der Waals surface area contributed by atoms with Gasteiger partial charge in [0.05, 0.1) is 6.42 Å². The van der Waals surface area contributed by atoms with Gasteiger partial charge >= 0.3 is 5.97 Å². The van der Waals surface area contributed by atoms with Crippen LogP contribution in [0.4, 0.5) is 0 Å². The van der Waals surface area contributed by atoms with Gasteiger partial charge < -0.3 is 14.6 Å². The summed E-state index contributed by atoms with van der Waals surface area (Å²) in [4.78, 5) is 25.1. The van der Waals surface area contributed by atoms with Gasteiger partial charge in [0.25, 0.3) is 5.91 Å². The van der Waals surface area contributed by atoms with Crippen LogP contribution in [-0.2, 0) is 4.79 Å². The quantitative estimate of drug-likeness (QED) is 0.902. The SMILES string of the molecule is CC(C)n1cccc1C(=O)N(CCC(=O)O)C(C)(C)C. The number of carbonyl (C=O) groups is 2. The molecule has 1 rings (SSSR count). The fraction of sp³-hybridized carbons (Fsp3) is 0.600. The van der Waals surface area contributed by atoms with Crippen LogP contribution >= 0.6 is 0 Å². The standard InChI is InChI=1S/C15H24N2O3/c1-11(2)16-9-6-7-12(16)14(20)17(15(3,4)5)10-8-13(18)19/h6-7,9,11H,8,10H2,1-5H3,(H,18,19). The maximum absolute atomic E-state index is 12.7. The van der Waals surface area contributed by atoms with Crippen molar-refractivity contribution in [2.45, 2.75) is 52.6 Å². The van der Waals surface area contributed by atoms with Gasteiger partial charge in [-0.05, 0) is 46.8 Å². The number of nitrogens with zero attached hydrogens (tertiary/aromatic N) is 2. The summed E-state index contributed by atoms with van der Waals surface area (Å²) in [7, 11) is 0. The van der Waals surface area contributed by atoms with E-state index in [0.29, 0.717) is 5.69 Å². The second kappa shape index (κ2) is 6.11. The second-order valence-electron chi connectivity index (χ2n) is 6.17. The molecular formula is C15H24N2O3. The lowest BCUT2D eigenvalue weighted by Gasteiger charge is -2.35. The highest BCUT2D eigenvalue weighted by Crippen LogP contribution is 2.20. The number of hydrogen-bond donors (Lipinski definition) is 1.